The molecule has 0 heterocycles. The SMILES string of the molecule is COc1ccc(C(=O)OCC(=O)N(C)Cc2ccccc2)cc1S(=O)(=O)N(C)C. The number of ether oxygens (including phenoxy) is 2. The van der Waals surface area contributed by atoms with E-state index in [1.54, 1.807) is 7.05 Å². The molecule has 2 aromatic rings. The summed E-state index contributed by atoms with van der Waals surface area (Å²) in [6.07, 6.45) is 0. The fraction of sp³-hybridized carbons (Fsp3) is 0.300. The van der Waals surface area contributed by atoms with E-state index in [-0.39, 0.29) is 22.1 Å². The van der Waals surface area contributed by atoms with Crippen molar-refractivity contribution in [2.45, 2.75) is 11.4 Å². The van der Waals surface area contributed by atoms with Gasteiger partial charge in [-0.3, -0.25) is 4.79 Å². The molecular formula is C20H24N2O6S. The summed E-state index contributed by atoms with van der Waals surface area (Å²) in [6, 6.07) is 13.3. The number of sulfonamides is 1. The third-order valence-electron chi connectivity index (χ3n) is 4.17. The summed E-state index contributed by atoms with van der Waals surface area (Å²) in [4.78, 5) is 25.8. The maximum Gasteiger partial charge on any atom is 0.338 e. The summed E-state index contributed by atoms with van der Waals surface area (Å²) < 4.78 is 36.1. The lowest BCUT2D eigenvalue weighted by molar-refractivity contribution is -0.133. The molecule has 0 atom stereocenters. The quantitative estimate of drug-likeness (QED) is 0.604. The summed E-state index contributed by atoms with van der Waals surface area (Å²) in [5, 5.41) is 0. The van der Waals surface area contributed by atoms with Gasteiger partial charge in [0, 0.05) is 27.7 Å². The number of carbonyl (C=O) groups is 2. The third kappa shape index (κ3) is 5.55. The highest BCUT2D eigenvalue weighted by Crippen LogP contribution is 2.27. The van der Waals surface area contributed by atoms with Gasteiger partial charge in [0.05, 0.1) is 12.7 Å². The van der Waals surface area contributed by atoms with Crippen molar-refractivity contribution < 1.29 is 27.5 Å². The van der Waals surface area contributed by atoms with Crippen LogP contribution >= 0.6 is 0 Å². The molecule has 9 heteroatoms. The van der Waals surface area contributed by atoms with Crippen LogP contribution in [0, 0.1) is 0 Å². The second-order valence-corrected chi connectivity index (χ2v) is 8.58. The van der Waals surface area contributed by atoms with E-state index in [1.165, 1.54) is 44.3 Å². The smallest absolute Gasteiger partial charge is 0.338 e. The van der Waals surface area contributed by atoms with Crippen LogP contribution in [-0.2, 0) is 26.1 Å². The summed E-state index contributed by atoms with van der Waals surface area (Å²) in [5.41, 5.74) is 0.952. The largest absolute Gasteiger partial charge is 0.495 e. The summed E-state index contributed by atoms with van der Waals surface area (Å²) in [5.74, 6) is -1.07. The zero-order chi connectivity index (χ0) is 21.6. The van der Waals surface area contributed by atoms with Gasteiger partial charge >= 0.3 is 5.97 Å². The first-order chi connectivity index (χ1) is 13.7. The number of amides is 1. The first-order valence-electron chi connectivity index (χ1n) is 8.72. The summed E-state index contributed by atoms with van der Waals surface area (Å²) >= 11 is 0. The molecule has 156 valence electrons. The number of carbonyl (C=O) groups excluding carboxylic acids is 2. The molecule has 0 aliphatic heterocycles. The molecule has 0 aromatic heterocycles. The van der Waals surface area contributed by atoms with Crippen molar-refractivity contribution in [1.82, 2.24) is 9.21 Å². The second kappa shape index (κ2) is 9.53. The van der Waals surface area contributed by atoms with E-state index in [4.69, 9.17) is 9.47 Å². The Morgan fingerprint density at radius 3 is 2.24 bits per heavy atom. The Bertz CT molecular complexity index is 974. The number of esters is 1. The molecule has 0 N–H and O–H groups in total. The van der Waals surface area contributed by atoms with E-state index in [0.29, 0.717) is 6.54 Å². The van der Waals surface area contributed by atoms with Gasteiger partial charge in [-0.25, -0.2) is 17.5 Å². The highest BCUT2D eigenvalue weighted by molar-refractivity contribution is 7.89. The lowest BCUT2D eigenvalue weighted by Crippen LogP contribution is -2.30. The van der Waals surface area contributed by atoms with Crippen molar-refractivity contribution in [2.24, 2.45) is 0 Å². The maximum atomic E-state index is 12.4. The van der Waals surface area contributed by atoms with Gasteiger partial charge in [-0.15, -0.1) is 0 Å². The van der Waals surface area contributed by atoms with Crippen LogP contribution in [-0.4, -0.2) is 64.4 Å². The molecule has 2 aromatic carbocycles. The molecular weight excluding hydrogens is 396 g/mol. The molecule has 8 nitrogen and oxygen atoms in total. The van der Waals surface area contributed by atoms with E-state index in [9.17, 15) is 18.0 Å². The Morgan fingerprint density at radius 2 is 1.66 bits per heavy atom. The van der Waals surface area contributed by atoms with Gasteiger partial charge in [0.1, 0.15) is 10.6 Å². The minimum absolute atomic E-state index is 0.00439. The van der Waals surface area contributed by atoms with Crippen LogP contribution in [0.4, 0.5) is 0 Å². The van der Waals surface area contributed by atoms with E-state index >= 15 is 0 Å². The predicted octanol–water partition coefficient (Wildman–Crippen LogP) is 1.76. The Balaban J connectivity index is 2.08. The lowest BCUT2D eigenvalue weighted by atomic mass is 10.2. The lowest BCUT2D eigenvalue weighted by Gasteiger charge is -2.17. The van der Waals surface area contributed by atoms with Crippen LogP contribution in [0.25, 0.3) is 0 Å². The number of benzene rings is 2. The number of nitrogens with zero attached hydrogens (tertiary/aromatic N) is 2. The zero-order valence-corrected chi connectivity index (χ0v) is 17.6. The number of likely N-dealkylation sites (N-methyl/N-ethyl adjacent to an activating group) is 1. The number of rotatable bonds is 8. The molecule has 0 radical (unpaired) electrons. The molecule has 1 amide bonds. The topological polar surface area (TPSA) is 93.2 Å². The molecule has 2 rings (SSSR count). The molecule has 0 spiro atoms. The van der Waals surface area contributed by atoms with E-state index in [0.717, 1.165) is 9.87 Å². The second-order valence-electron chi connectivity index (χ2n) is 6.46. The van der Waals surface area contributed by atoms with Crippen molar-refractivity contribution in [3.63, 3.8) is 0 Å². The molecule has 0 aliphatic rings. The van der Waals surface area contributed by atoms with Gasteiger partial charge in [-0.2, -0.15) is 0 Å². The van der Waals surface area contributed by atoms with Gasteiger partial charge in [0.15, 0.2) is 6.61 Å². The van der Waals surface area contributed by atoms with Crippen LogP contribution in [0.1, 0.15) is 15.9 Å². The molecule has 0 saturated heterocycles. The minimum atomic E-state index is -3.83. The van der Waals surface area contributed by atoms with Gasteiger partial charge in [-0.05, 0) is 23.8 Å². The first kappa shape index (κ1) is 22.4. The van der Waals surface area contributed by atoms with E-state index < -0.39 is 22.6 Å². The van der Waals surface area contributed by atoms with Crippen molar-refractivity contribution in [1.29, 1.82) is 0 Å². The highest BCUT2D eigenvalue weighted by Gasteiger charge is 2.24. The number of hydrogen-bond acceptors (Lipinski definition) is 6. The van der Waals surface area contributed by atoms with Crippen LogP contribution in [0.2, 0.25) is 0 Å². The van der Waals surface area contributed by atoms with Crippen LogP contribution in [0.15, 0.2) is 53.4 Å². The van der Waals surface area contributed by atoms with Gasteiger partial charge in [-0.1, -0.05) is 30.3 Å². The highest BCUT2D eigenvalue weighted by atomic mass is 32.2. The van der Waals surface area contributed by atoms with E-state index in [1.807, 2.05) is 30.3 Å². The minimum Gasteiger partial charge on any atom is -0.495 e. The average Bonchev–Trinajstić information content (AvgIpc) is 2.71. The van der Waals surface area contributed by atoms with E-state index in [2.05, 4.69) is 0 Å². The Kier molecular flexibility index (Phi) is 7.35. The number of methoxy groups -OCH3 is 1. The molecule has 0 saturated carbocycles. The average molecular weight is 420 g/mol. The van der Waals surface area contributed by atoms with Gasteiger partial charge in [0.2, 0.25) is 10.0 Å². The molecule has 0 fully saturated rings. The van der Waals surface area contributed by atoms with Crippen LogP contribution in [0.3, 0.4) is 0 Å². The summed E-state index contributed by atoms with van der Waals surface area (Å²) in [6.45, 7) is -0.0745. The molecule has 29 heavy (non-hydrogen) atoms. The van der Waals surface area contributed by atoms with Crippen LogP contribution in [0.5, 0.6) is 5.75 Å². The maximum absolute atomic E-state index is 12.4. The zero-order valence-electron chi connectivity index (χ0n) is 16.8. The molecule has 0 bridgehead atoms. The van der Waals surface area contributed by atoms with Crippen molar-refractivity contribution in [3.8, 4) is 5.75 Å². The van der Waals surface area contributed by atoms with Gasteiger partial charge < -0.3 is 14.4 Å². The fourth-order valence-electron chi connectivity index (χ4n) is 2.47. The van der Waals surface area contributed by atoms with Crippen molar-refractivity contribution >= 4 is 21.9 Å². The van der Waals surface area contributed by atoms with Crippen molar-refractivity contribution in [2.75, 3.05) is 34.9 Å². The van der Waals surface area contributed by atoms with Gasteiger partial charge in [0.25, 0.3) is 5.91 Å². The molecule has 0 unspecified atom stereocenters. The van der Waals surface area contributed by atoms with Crippen LogP contribution < -0.4 is 4.74 Å². The monoisotopic (exact) mass is 420 g/mol. The Labute approximate surface area is 170 Å². The third-order valence-corrected chi connectivity index (χ3v) is 6.01. The number of hydrogen-bond donors (Lipinski definition) is 0. The first-order valence-corrected chi connectivity index (χ1v) is 10.2. The molecule has 0 aliphatic carbocycles. The predicted molar refractivity (Wildman–Crippen MR) is 107 cm³/mol. The Hall–Kier alpha value is -2.91. The van der Waals surface area contributed by atoms with Crippen molar-refractivity contribution in [3.05, 3.63) is 59.7 Å². The standard InChI is InChI=1S/C20H24N2O6S/c1-21(2)29(25,26)18-12-16(10-11-17(18)27-4)20(24)28-14-19(23)22(3)13-15-8-6-5-7-9-15/h5-12H,13-14H2,1-4H3. The fourth-order valence-corrected chi connectivity index (χ4v) is 3.54. The normalized spacial score (nSPS) is 11.2. The summed E-state index contributed by atoms with van der Waals surface area (Å²) in [7, 11) is 1.87. The Morgan fingerprint density at radius 1 is 1.00 bits per heavy atom.